The van der Waals surface area contributed by atoms with Crippen LogP contribution in [0.15, 0.2) is 48.5 Å². The van der Waals surface area contributed by atoms with Crippen LogP contribution in [0.4, 0.5) is 5.69 Å². The van der Waals surface area contributed by atoms with Crippen LogP contribution in [0, 0.1) is 16.0 Å². The van der Waals surface area contributed by atoms with Crippen LogP contribution in [0.25, 0.3) is 0 Å². The average Bonchev–Trinajstić information content (AvgIpc) is 2.74. The molecule has 1 fully saturated rings. The monoisotopic (exact) mass is 414 g/mol. The Morgan fingerprint density at radius 3 is 2.48 bits per heavy atom. The Hall–Kier alpha value is -2.24. The van der Waals surface area contributed by atoms with Crippen LogP contribution >= 0.6 is 11.6 Å². The Morgan fingerprint density at radius 2 is 1.83 bits per heavy atom. The lowest BCUT2D eigenvalue weighted by molar-refractivity contribution is -0.384. The van der Waals surface area contributed by atoms with E-state index in [0.717, 1.165) is 45.2 Å². The van der Waals surface area contributed by atoms with Gasteiger partial charge in [-0.25, -0.2) is 0 Å². The van der Waals surface area contributed by atoms with Gasteiger partial charge in [-0.05, 0) is 74.7 Å². The van der Waals surface area contributed by atoms with Gasteiger partial charge in [0, 0.05) is 29.1 Å². The molecule has 29 heavy (non-hydrogen) atoms. The van der Waals surface area contributed by atoms with Crippen LogP contribution in [-0.4, -0.2) is 23.8 Å². The molecule has 0 aliphatic heterocycles. The number of nitro benzene ring substituents is 1. The van der Waals surface area contributed by atoms with Gasteiger partial charge in [-0.2, -0.15) is 0 Å². The van der Waals surface area contributed by atoms with Crippen LogP contribution in [0.1, 0.15) is 60.4 Å². The number of hydrogen-bond donors (Lipinski definition) is 1. The van der Waals surface area contributed by atoms with Crippen molar-refractivity contribution < 1.29 is 9.72 Å². The van der Waals surface area contributed by atoms with Crippen LogP contribution in [-0.2, 0) is 0 Å². The summed E-state index contributed by atoms with van der Waals surface area (Å²) in [5, 5.41) is 14.9. The van der Waals surface area contributed by atoms with E-state index in [1.165, 1.54) is 5.56 Å². The van der Waals surface area contributed by atoms with Crippen molar-refractivity contribution >= 4 is 23.1 Å². The van der Waals surface area contributed by atoms with Gasteiger partial charge in [0.25, 0.3) is 5.69 Å². The number of ketones is 1. The van der Waals surface area contributed by atoms with Crippen LogP contribution in [0.5, 0.6) is 0 Å². The molecule has 0 unspecified atom stereocenters. The molecule has 0 spiro atoms. The lowest BCUT2D eigenvalue weighted by atomic mass is 9.78. The van der Waals surface area contributed by atoms with Crippen molar-refractivity contribution in [1.82, 2.24) is 5.32 Å². The third-order valence-corrected chi connectivity index (χ3v) is 5.99. The Bertz CT molecular complexity index is 830. The zero-order valence-electron chi connectivity index (χ0n) is 16.5. The minimum absolute atomic E-state index is 0.137. The molecule has 1 aliphatic rings. The molecule has 2 aromatic rings. The number of carbonyl (C=O) groups is 1. The number of nitrogens with zero attached hydrogens (tertiary/aromatic N) is 1. The maximum Gasteiger partial charge on any atom is 0.269 e. The standard InChI is InChI=1S/C23H27ClN2O3/c24-21-4-1-3-20(15-21)23(27)5-2-14-25-16-17-6-8-18(9-7-17)19-10-12-22(13-11-19)26(28)29/h1,3-4,10-13,15,17-18,25H,2,5-9,14,16H2. The van der Waals surface area contributed by atoms with E-state index < -0.39 is 0 Å². The van der Waals surface area contributed by atoms with E-state index in [1.807, 2.05) is 18.2 Å². The average molecular weight is 415 g/mol. The quantitative estimate of drug-likeness (QED) is 0.244. The Balaban J connectivity index is 1.32. The summed E-state index contributed by atoms with van der Waals surface area (Å²) >= 11 is 5.94. The summed E-state index contributed by atoms with van der Waals surface area (Å²) in [6, 6.07) is 14.1. The van der Waals surface area contributed by atoms with E-state index in [-0.39, 0.29) is 16.4 Å². The van der Waals surface area contributed by atoms with Gasteiger partial charge < -0.3 is 5.32 Å². The number of benzene rings is 2. The van der Waals surface area contributed by atoms with Crippen molar-refractivity contribution in [3.05, 3.63) is 74.8 Å². The van der Waals surface area contributed by atoms with Gasteiger partial charge in [-0.15, -0.1) is 0 Å². The van der Waals surface area contributed by atoms with E-state index in [0.29, 0.717) is 28.8 Å². The molecule has 0 aromatic heterocycles. The van der Waals surface area contributed by atoms with E-state index in [9.17, 15) is 14.9 Å². The van der Waals surface area contributed by atoms with Gasteiger partial charge >= 0.3 is 0 Å². The van der Waals surface area contributed by atoms with Gasteiger partial charge in [-0.1, -0.05) is 35.9 Å². The highest BCUT2D eigenvalue weighted by Gasteiger charge is 2.22. The fourth-order valence-corrected chi connectivity index (χ4v) is 4.24. The summed E-state index contributed by atoms with van der Waals surface area (Å²) in [4.78, 5) is 22.6. The molecule has 3 rings (SSSR count). The summed E-state index contributed by atoms with van der Waals surface area (Å²) in [7, 11) is 0. The highest BCUT2D eigenvalue weighted by atomic mass is 35.5. The molecule has 0 amide bonds. The van der Waals surface area contributed by atoms with E-state index >= 15 is 0 Å². The number of nitrogens with one attached hydrogen (secondary N) is 1. The number of carbonyl (C=O) groups excluding carboxylic acids is 1. The number of halogens is 1. The molecule has 5 nitrogen and oxygen atoms in total. The molecule has 2 aromatic carbocycles. The predicted octanol–water partition coefficient (Wildman–Crippen LogP) is 5.77. The van der Waals surface area contributed by atoms with Crippen LogP contribution < -0.4 is 5.32 Å². The fourth-order valence-electron chi connectivity index (χ4n) is 4.05. The lowest BCUT2D eigenvalue weighted by Crippen LogP contribution is -2.27. The van der Waals surface area contributed by atoms with Gasteiger partial charge in [0.1, 0.15) is 0 Å². The van der Waals surface area contributed by atoms with Gasteiger partial charge in [0.15, 0.2) is 5.78 Å². The first-order valence-electron chi connectivity index (χ1n) is 10.3. The molecule has 0 atom stereocenters. The summed E-state index contributed by atoms with van der Waals surface area (Å²) in [5.74, 6) is 1.30. The number of hydrogen-bond acceptors (Lipinski definition) is 4. The first kappa shape index (κ1) is 21.5. The molecule has 0 bridgehead atoms. The van der Waals surface area contributed by atoms with E-state index in [4.69, 9.17) is 11.6 Å². The summed E-state index contributed by atoms with van der Waals surface area (Å²) in [5.41, 5.74) is 2.05. The van der Waals surface area contributed by atoms with Crippen molar-refractivity contribution in [1.29, 1.82) is 0 Å². The second-order valence-corrected chi connectivity index (χ2v) is 8.24. The summed E-state index contributed by atoms with van der Waals surface area (Å²) in [6.45, 7) is 1.83. The maximum atomic E-state index is 12.2. The number of nitro groups is 1. The molecule has 0 saturated heterocycles. The second kappa shape index (κ2) is 10.5. The zero-order chi connectivity index (χ0) is 20.6. The van der Waals surface area contributed by atoms with Gasteiger partial charge in [0.05, 0.1) is 4.92 Å². The molecule has 1 saturated carbocycles. The van der Waals surface area contributed by atoms with Crippen molar-refractivity contribution in [3.8, 4) is 0 Å². The molecule has 0 heterocycles. The lowest BCUT2D eigenvalue weighted by Gasteiger charge is -2.29. The normalized spacial score (nSPS) is 19.1. The highest BCUT2D eigenvalue weighted by molar-refractivity contribution is 6.31. The van der Waals surface area contributed by atoms with Crippen LogP contribution in [0.2, 0.25) is 5.02 Å². The van der Waals surface area contributed by atoms with Crippen molar-refractivity contribution in [2.24, 2.45) is 5.92 Å². The maximum absolute atomic E-state index is 12.2. The van der Waals surface area contributed by atoms with Crippen molar-refractivity contribution in [3.63, 3.8) is 0 Å². The topological polar surface area (TPSA) is 72.2 Å². The molecule has 6 heteroatoms. The number of non-ortho nitro benzene ring substituents is 1. The third kappa shape index (κ3) is 6.38. The Kier molecular flexibility index (Phi) is 7.78. The minimum Gasteiger partial charge on any atom is -0.316 e. The van der Waals surface area contributed by atoms with E-state index in [2.05, 4.69) is 5.32 Å². The van der Waals surface area contributed by atoms with Crippen molar-refractivity contribution in [2.75, 3.05) is 13.1 Å². The predicted molar refractivity (Wildman–Crippen MR) is 116 cm³/mol. The molecular formula is C23H27ClN2O3. The van der Waals surface area contributed by atoms with Crippen LogP contribution in [0.3, 0.4) is 0 Å². The molecule has 1 aliphatic carbocycles. The first-order valence-corrected chi connectivity index (χ1v) is 10.6. The minimum atomic E-state index is -0.352. The smallest absolute Gasteiger partial charge is 0.269 e. The largest absolute Gasteiger partial charge is 0.316 e. The number of Topliss-reactive ketones (excluding diaryl/α,β-unsaturated/α-hetero) is 1. The molecular weight excluding hydrogens is 388 g/mol. The molecule has 0 radical (unpaired) electrons. The zero-order valence-corrected chi connectivity index (χ0v) is 17.2. The van der Waals surface area contributed by atoms with Gasteiger partial charge in [0.2, 0.25) is 0 Å². The second-order valence-electron chi connectivity index (χ2n) is 7.81. The first-order chi connectivity index (χ1) is 14.0. The van der Waals surface area contributed by atoms with Crippen molar-refractivity contribution in [2.45, 2.75) is 44.4 Å². The van der Waals surface area contributed by atoms with Gasteiger partial charge in [-0.3, -0.25) is 14.9 Å². The van der Waals surface area contributed by atoms with E-state index in [1.54, 1.807) is 30.3 Å². The molecule has 154 valence electrons. The fraction of sp³-hybridized carbons (Fsp3) is 0.435. The highest BCUT2D eigenvalue weighted by Crippen LogP contribution is 2.36. The Morgan fingerprint density at radius 1 is 1.10 bits per heavy atom. The summed E-state index contributed by atoms with van der Waals surface area (Å²) in [6.07, 6.45) is 5.92. The Labute approximate surface area is 176 Å². The summed E-state index contributed by atoms with van der Waals surface area (Å²) < 4.78 is 0. The third-order valence-electron chi connectivity index (χ3n) is 5.76. The SMILES string of the molecule is O=C(CCCNCC1CCC(c2ccc([N+](=O)[O-])cc2)CC1)c1cccc(Cl)c1. The number of rotatable bonds is 9. The molecule has 1 N–H and O–H groups in total.